The number of halogens is 1. The lowest BCUT2D eigenvalue weighted by Gasteiger charge is -2.09. The molecule has 1 rings (SSSR count). The highest BCUT2D eigenvalue weighted by Crippen LogP contribution is 2.21. The van der Waals surface area contributed by atoms with Gasteiger partial charge in [0.05, 0.1) is 6.61 Å². The quantitative estimate of drug-likeness (QED) is 0.728. The van der Waals surface area contributed by atoms with E-state index in [-0.39, 0.29) is 0 Å². The minimum atomic E-state index is 0.421. The lowest BCUT2D eigenvalue weighted by molar-refractivity contribution is 0.107. The Morgan fingerprint density at radius 2 is 1.87 bits per heavy atom. The molecule has 0 radical (unpaired) electrons. The van der Waals surface area contributed by atoms with Crippen molar-refractivity contribution in [2.24, 2.45) is 0 Å². The summed E-state index contributed by atoms with van der Waals surface area (Å²) in [5, 5.41) is 8.09. The van der Waals surface area contributed by atoms with E-state index in [2.05, 4.69) is 10.2 Å². The molecule has 0 aliphatic heterocycles. The van der Waals surface area contributed by atoms with E-state index in [0.717, 1.165) is 11.1 Å². The molecule has 4 nitrogen and oxygen atoms in total. The largest absolute Gasteiger partial charge is 0.474 e. The fraction of sp³-hybridized carbons (Fsp3) is 0.600. The SMILES string of the molecule is CCOCCOc1nnc(Cl)c(C)c1C. The van der Waals surface area contributed by atoms with Crippen molar-refractivity contribution in [3.63, 3.8) is 0 Å². The predicted molar refractivity (Wildman–Crippen MR) is 58.5 cm³/mol. The first kappa shape index (κ1) is 12.2. The van der Waals surface area contributed by atoms with Crippen LogP contribution in [0.5, 0.6) is 5.88 Å². The van der Waals surface area contributed by atoms with Crippen molar-refractivity contribution >= 4 is 11.6 Å². The summed E-state index contributed by atoms with van der Waals surface area (Å²) in [5.74, 6) is 0.525. The van der Waals surface area contributed by atoms with Gasteiger partial charge in [0.15, 0.2) is 5.15 Å². The first-order chi connectivity index (χ1) is 7.16. The lowest BCUT2D eigenvalue weighted by Crippen LogP contribution is -2.09. The summed E-state index contributed by atoms with van der Waals surface area (Å²) in [6.45, 7) is 7.46. The van der Waals surface area contributed by atoms with Gasteiger partial charge in [-0.2, -0.15) is 0 Å². The molecule has 0 atom stereocenters. The molecule has 0 amide bonds. The zero-order chi connectivity index (χ0) is 11.3. The maximum atomic E-state index is 5.82. The number of hydrogen-bond acceptors (Lipinski definition) is 4. The maximum absolute atomic E-state index is 5.82. The number of aromatic nitrogens is 2. The van der Waals surface area contributed by atoms with Crippen LogP contribution in [0.4, 0.5) is 0 Å². The van der Waals surface area contributed by atoms with Gasteiger partial charge >= 0.3 is 0 Å². The van der Waals surface area contributed by atoms with Crippen molar-refractivity contribution in [1.29, 1.82) is 0 Å². The molecule has 1 aromatic heterocycles. The van der Waals surface area contributed by atoms with Gasteiger partial charge in [-0.3, -0.25) is 0 Å². The molecule has 0 N–H and O–H groups in total. The number of rotatable bonds is 5. The van der Waals surface area contributed by atoms with Gasteiger partial charge in [0.25, 0.3) is 0 Å². The first-order valence-corrected chi connectivity index (χ1v) is 5.24. The van der Waals surface area contributed by atoms with Crippen molar-refractivity contribution in [3.05, 3.63) is 16.3 Å². The summed E-state index contributed by atoms with van der Waals surface area (Å²) in [4.78, 5) is 0. The van der Waals surface area contributed by atoms with Gasteiger partial charge in [-0.1, -0.05) is 11.6 Å². The van der Waals surface area contributed by atoms with Crippen LogP contribution in [-0.4, -0.2) is 30.0 Å². The van der Waals surface area contributed by atoms with E-state index < -0.39 is 0 Å². The third-order valence-electron chi connectivity index (χ3n) is 2.09. The molecule has 1 aromatic rings. The summed E-state index contributed by atoms with van der Waals surface area (Å²) >= 11 is 5.82. The van der Waals surface area contributed by atoms with Crippen LogP contribution in [0.1, 0.15) is 18.1 Å². The van der Waals surface area contributed by atoms with Gasteiger partial charge in [-0.05, 0) is 26.3 Å². The third-order valence-corrected chi connectivity index (χ3v) is 2.45. The van der Waals surface area contributed by atoms with Crippen LogP contribution in [0.2, 0.25) is 5.15 Å². The van der Waals surface area contributed by atoms with Gasteiger partial charge in [-0.25, -0.2) is 0 Å². The molecule has 0 aliphatic rings. The Morgan fingerprint density at radius 3 is 2.53 bits per heavy atom. The molecule has 0 saturated heterocycles. The topological polar surface area (TPSA) is 44.2 Å². The minimum absolute atomic E-state index is 0.421. The predicted octanol–water partition coefficient (Wildman–Crippen LogP) is 2.16. The molecule has 1 heterocycles. The molecule has 84 valence electrons. The summed E-state index contributed by atoms with van der Waals surface area (Å²) in [6.07, 6.45) is 0. The van der Waals surface area contributed by atoms with Crippen LogP contribution >= 0.6 is 11.6 Å². The lowest BCUT2D eigenvalue weighted by atomic mass is 10.2. The monoisotopic (exact) mass is 230 g/mol. The Balaban J connectivity index is 2.58. The molecule has 0 spiro atoms. The summed E-state index contributed by atoms with van der Waals surface area (Å²) in [7, 11) is 0. The van der Waals surface area contributed by atoms with Gasteiger partial charge < -0.3 is 9.47 Å². The van der Waals surface area contributed by atoms with Crippen LogP contribution in [0.3, 0.4) is 0 Å². The molecular formula is C10H15ClN2O2. The third kappa shape index (κ3) is 3.32. The van der Waals surface area contributed by atoms with Gasteiger partial charge in [0, 0.05) is 12.2 Å². The van der Waals surface area contributed by atoms with Crippen LogP contribution in [0.15, 0.2) is 0 Å². The molecule has 0 aromatic carbocycles. The molecular weight excluding hydrogens is 216 g/mol. The van der Waals surface area contributed by atoms with Crippen LogP contribution in [0.25, 0.3) is 0 Å². The number of hydrogen-bond donors (Lipinski definition) is 0. The molecule has 0 aliphatic carbocycles. The normalized spacial score (nSPS) is 10.4. The Bertz CT molecular complexity index is 331. The Hall–Kier alpha value is -0.870. The second-order valence-corrected chi connectivity index (χ2v) is 3.45. The van der Waals surface area contributed by atoms with E-state index in [1.54, 1.807) is 0 Å². The van der Waals surface area contributed by atoms with Crippen LogP contribution < -0.4 is 4.74 Å². The van der Waals surface area contributed by atoms with E-state index >= 15 is 0 Å². The first-order valence-electron chi connectivity index (χ1n) is 4.86. The summed E-state index contributed by atoms with van der Waals surface area (Å²) < 4.78 is 10.6. The highest BCUT2D eigenvalue weighted by Gasteiger charge is 2.08. The molecule has 15 heavy (non-hydrogen) atoms. The van der Waals surface area contributed by atoms with E-state index in [4.69, 9.17) is 21.1 Å². The zero-order valence-corrected chi connectivity index (χ0v) is 9.97. The van der Waals surface area contributed by atoms with E-state index in [1.165, 1.54) is 0 Å². The van der Waals surface area contributed by atoms with E-state index in [0.29, 0.717) is 30.9 Å². The highest BCUT2D eigenvalue weighted by molar-refractivity contribution is 6.30. The van der Waals surface area contributed by atoms with E-state index in [1.807, 2.05) is 20.8 Å². The molecule has 5 heteroatoms. The van der Waals surface area contributed by atoms with Crippen LogP contribution in [-0.2, 0) is 4.74 Å². The average Bonchev–Trinajstić information content (AvgIpc) is 2.24. The highest BCUT2D eigenvalue weighted by atomic mass is 35.5. The minimum Gasteiger partial charge on any atom is -0.474 e. The van der Waals surface area contributed by atoms with Crippen molar-refractivity contribution in [2.75, 3.05) is 19.8 Å². The second kappa shape index (κ2) is 5.88. The molecule has 0 saturated carbocycles. The maximum Gasteiger partial charge on any atom is 0.236 e. The van der Waals surface area contributed by atoms with Crippen molar-refractivity contribution in [3.8, 4) is 5.88 Å². The summed E-state index contributed by atoms with van der Waals surface area (Å²) in [6, 6.07) is 0. The fourth-order valence-corrected chi connectivity index (χ4v) is 1.21. The molecule has 0 bridgehead atoms. The van der Waals surface area contributed by atoms with Gasteiger partial charge in [0.1, 0.15) is 6.61 Å². The molecule has 0 unspecified atom stereocenters. The fourth-order valence-electron chi connectivity index (χ4n) is 1.03. The smallest absolute Gasteiger partial charge is 0.236 e. The van der Waals surface area contributed by atoms with Crippen molar-refractivity contribution < 1.29 is 9.47 Å². The molecule has 0 fully saturated rings. The van der Waals surface area contributed by atoms with E-state index in [9.17, 15) is 0 Å². The van der Waals surface area contributed by atoms with Crippen molar-refractivity contribution in [1.82, 2.24) is 10.2 Å². The average molecular weight is 231 g/mol. The van der Waals surface area contributed by atoms with Gasteiger partial charge in [0.2, 0.25) is 5.88 Å². The Kier molecular flexibility index (Phi) is 4.78. The van der Waals surface area contributed by atoms with Crippen molar-refractivity contribution in [2.45, 2.75) is 20.8 Å². The summed E-state index contributed by atoms with van der Waals surface area (Å²) in [5.41, 5.74) is 1.82. The second-order valence-electron chi connectivity index (χ2n) is 3.09. The van der Waals surface area contributed by atoms with Crippen LogP contribution in [0, 0.1) is 13.8 Å². The number of nitrogens with zero attached hydrogens (tertiary/aromatic N) is 2. The Labute approximate surface area is 94.6 Å². The zero-order valence-electron chi connectivity index (χ0n) is 9.21. The standard InChI is InChI=1S/C10H15ClN2O2/c1-4-14-5-6-15-10-8(3)7(2)9(11)12-13-10/h4-6H2,1-3H3. The number of ether oxygens (including phenoxy) is 2. The van der Waals surface area contributed by atoms with Gasteiger partial charge in [-0.15, -0.1) is 10.2 Å². The Morgan fingerprint density at radius 1 is 1.13 bits per heavy atom.